The van der Waals surface area contributed by atoms with E-state index >= 15 is 0 Å². The molecule has 0 bridgehead atoms. The van der Waals surface area contributed by atoms with Crippen molar-refractivity contribution in [3.05, 3.63) is 0 Å². The molecule has 2 fully saturated rings. The van der Waals surface area contributed by atoms with E-state index in [-0.39, 0.29) is 0 Å². The largest absolute Gasteiger partial charge is 0.468 e. The summed E-state index contributed by atoms with van der Waals surface area (Å²) in [4.78, 5) is 73.1. The van der Waals surface area contributed by atoms with Crippen LogP contribution in [0.2, 0.25) is 0 Å². The first-order valence-electron chi connectivity index (χ1n) is 7.14. The van der Waals surface area contributed by atoms with Crippen LogP contribution >= 0.6 is 0 Å². The summed E-state index contributed by atoms with van der Waals surface area (Å²) < 4.78 is 18.2. The van der Waals surface area contributed by atoms with Gasteiger partial charge in [-0.25, -0.2) is 0 Å². The van der Waals surface area contributed by atoms with E-state index in [2.05, 4.69) is 18.9 Å². The molecule has 2 rings (SSSR count). The lowest BCUT2D eigenvalue weighted by molar-refractivity contribution is -0.223. The number of rotatable bonds is 4. The Balaban J connectivity index is 2.67. The van der Waals surface area contributed by atoms with Crippen molar-refractivity contribution in [2.75, 3.05) is 28.4 Å². The second-order valence-electron chi connectivity index (χ2n) is 5.63. The Hall–Kier alpha value is -2.78. The molecule has 136 valence electrons. The molecule has 0 aliphatic heterocycles. The maximum Gasteiger partial charge on any atom is 0.316 e. The molecule has 0 aromatic rings. The Morgan fingerprint density at radius 1 is 0.600 bits per heavy atom. The maximum atomic E-state index is 12.4. The molecular formula is C15H16O10. The standard InChI is InChI=1S/C15H16O10/c1-22-11(18)5-9(16)6(12(19)23-2)15(5)7(13(20)24-3)10(17)8(15)14(21)25-4/h5-8H,1-4H3/t5-,6+,7-,8+,15?. The minimum absolute atomic E-state index is 0.894. The van der Waals surface area contributed by atoms with Crippen LogP contribution in [0.1, 0.15) is 0 Å². The highest BCUT2D eigenvalue weighted by molar-refractivity contribution is 6.26. The zero-order valence-electron chi connectivity index (χ0n) is 13.9. The number of ketones is 2. The van der Waals surface area contributed by atoms with Gasteiger partial charge in [-0.3, -0.25) is 28.8 Å². The van der Waals surface area contributed by atoms with Gasteiger partial charge in [0, 0.05) is 0 Å². The summed E-state index contributed by atoms with van der Waals surface area (Å²) in [5.74, 6) is -12.7. The molecule has 0 aromatic heterocycles. The lowest BCUT2D eigenvalue weighted by atomic mass is 9.34. The van der Waals surface area contributed by atoms with E-state index in [0.29, 0.717) is 0 Å². The lowest BCUT2D eigenvalue weighted by Crippen LogP contribution is -2.80. The summed E-state index contributed by atoms with van der Waals surface area (Å²) >= 11 is 0. The fourth-order valence-electron chi connectivity index (χ4n) is 3.88. The third-order valence-electron chi connectivity index (χ3n) is 4.89. The number of carbonyl (C=O) groups excluding carboxylic acids is 6. The molecule has 1 spiro atoms. The number of esters is 4. The molecule has 10 heteroatoms. The molecular weight excluding hydrogens is 340 g/mol. The third kappa shape index (κ3) is 2.09. The van der Waals surface area contributed by atoms with E-state index in [0.717, 1.165) is 28.4 Å². The molecule has 0 aromatic carbocycles. The quantitative estimate of drug-likeness (QED) is 0.325. The zero-order valence-corrected chi connectivity index (χ0v) is 13.9. The normalized spacial score (nSPS) is 29.1. The Morgan fingerprint density at radius 3 is 0.960 bits per heavy atom. The van der Waals surface area contributed by atoms with Crippen LogP contribution in [0.5, 0.6) is 0 Å². The summed E-state index contributed by atoms with van der Waals surface area (Å²) in [6.45, 7) is 0. The summed E-state index contributed by atoms with van der Waals surface area (Å²) in [7, 11) is 3.98. The van der Waals surface area contributed by atoms with Gasteiger partial charge in [0.1, 0.15) is 23.7 Å². The molecule has 2 aliphatic carbocycles. The van der Waals surface area contributed by atoms with E-state index in [1.807, 2.05) is 0 Å². The van der Waals surface area contributed by atoms with Gasteiger partial charge in [-0.05, 0) is 0 Å². The predicted molar refractivity (Wildman–Crippen MR) is 74.5 cm³/mol. The van der Waals surface area contributed by atoms with E-state index in [4.69, 9.17) is 0 Å². The number of hydrogen-bond acceptors (Lipinski definition) is 10. The van der Waals surface area contributed by atoms with Crippen molar-refractivity contribution >= 4 is 35.4 Å². The van der Waals surface area contributed by atoms with Gasteiger partial charge in [-0.2, -0.15) is 0 Å². The van der Waals surface area contributed by atoms with Gasteiger partial charge in [0.25, 0.3) is 0 Å². The van der Waals surface area contributed by atoms with Crippen LogP contribution in [0.4, 0.5) is 0 Å². The molecule has 2 saturated carbocycles. The minimum atomic E-state index is -1.95. The highest BCUT2D eigenvalue weighted by Gasteiger charge is 2.85. The molecule has 0 unspecified atom stereocenters. The highest BCUT2D eigenvalue weighted by Crippen LogP contribution is 2.67. The van der Waals surface area contributed by atoms with Gasteiger partial charge in [0.2, 0.25) is 0 Å². The average Bonchev–Trinajstić information content (AvgIpc) is 2.59. The Bertz CT molecular complexity index is 564. The van der Waals surface area contributed by atoms with Gasteiger partial charge in [0.05, 0.1) is 33.9 Å². The third-order valence-corrected chi connectivity index (χ3v) is 4.89. The van der Waals surface area contributed by atoms with Crippen molar-refractivity contribution in [2.45, 2.75) is 0 Å². The molecule has 0 N–H and O–H groups in total. The molecule has 0 saturated heterocycles. The van der Waals surface area contributed by atoms with Gasteiger partial charge >= 0.3 is 23.9 Å². The van der Waals surface area contributed by atoms with Crippen LogP contribution < -0.4 is 0 Å². The summed E-state index contributed by atoms with van der Waals surface area (Å²) in [6, 6.07) is 0. The van der Waals surface area contributed by atoms with E-state index in [1.54, 1.807) is 0 Å². The van der Waals surface area contributed by atoms with Gasteiger partial charge in [-0.1, -0.05) is 0 Å². The second-order valence-corrected chi connectivity index (χ2v) is 5.63. The van der Waals surface area contributed by atoms with Crippen LogP contribution in [0.15, 0.2) is 0 Å². The van der Waals surface area contributed by atoms with E-state index in [1.165, 1.54) is 0 Å². The average molecular weight is 356 g/mol. The number of hydrogen-bond donors (Lipinski definition) is 0. The molecule has 0 amide bonds. The van der Waals surface area contributed by atoms with Crippen molar-refractivity contribution in [1.29, 1.82) is 0 Å². The minimum Gasteiger partial charge on any atom is -0.468 e. The molecule has 0 radical (unpaired) electrons. The molecule has 0 heterocycles. The second kappa shape index (κ2) is 6.26. The van der Waals surface area contributed by atoms with Crippen molar-refractivity contribution in [3.63, 3.8) is 0 Å². The molecule has 4 atom stereocenters. The van der Waals surface area contributed by atoms with Crippen molar-refractivity contribution in [3.8, 4) is 0 Å². The fraction of sp³-hybridized carbons (Fsp3) is 0.600. The van der Waals surface area contributed by atoms with Crippen molar-refractivity contribution in [1.82, 2.24) is 0 Å². The highest BCUT2D eigenvalue weighted by atomic mass is 16.5. The fourth-order valence-corrected chi connectivity index (χ4v) is 3.88. The first-order chi connectivity index (χ1) is 11.7. The van der Waals surface area contributed by atoms with Crippen molar-refractivity contribution < 1.29 is 47.7 Å². The monoisotopic (exact) mass is 356 g/mol. The number of methoxy groups -OCH3 is 4. The zero-order chi connectivity index (χ0) is 19.1. The van der Waals surface area contributed by atoms with Crippen molar-refractivity contribution in [2.24, 2.45) is 29.1 Å². The Morgan fingerprint density at radius 2 is 0.800 bits per heavy atom. The van der Waals surface area contributed by atoms with Crippen LogP contribution in [0.3, 0.4) is 0 Å². The first-order valence-corrected chi connectivity index (χ1v) is 7.14. The Kier molecular flexibility index (Phi) is 4.65. The summed E-state index contributed by atoms with van der Waals surface area (Å²) in [5.41, 5.74) is -1.95. The van der Waals surface area contributed by atoms with Crippen LogP contribution in [-0.4, -0.2) is 63.9 Å². The van der Waals surface area contributed by atoms with Gasteiger partial charge in [-0.15, -0.1) is 0 Å². The van der Waals surface area contributed by atoms with Crippen LogP contribution in [0.25, 0.3) is 0 Å². The summed E-state index contributed by atoms with van der Waals surface area (Å²) in [5, 5.41) is 0. The number of Topliss-reactive ketones (excluding diaryl/α,β-unsaturated/α-hetero) is 2. The smallest absolute Gasteiger partial charge is 0.316 e. The lowest BCUT2D eigenvalue weighted by Gasteiger charge is -2.61. The SMILES string of the molecule is COC(=O)[C@@H]1C(=O)[C@H](C(=O)OC)C12[C@H](C(=O)OC)C(=O)[C@@H]2C(=O)OC. The topological polar surface area (TPSA) is 139 Å². The van der Waals surface area contributed by atoms with Crippen LogP contribution in [0, 0.1) is 29.1 Å². The number of carbonyl (C=O) groups is 6. The predicted octanol–water partition coefficient (Wildman–Crippen LogP) is -1.70. The molecule has 2 aliphatic rings. The number of ether oxygens (including phenoxy) is 4. The van der Waals surface area contributed by atoms with Gasteiger partial charge < -0.3 is 18.9 Å². The summed E-state index contributed by atoms with van der Waals surface area (Å²) in [6.07, 6.45) is 0. The van der Waals surface area contributed by atoms with Crippen LogP contribution in [-0.2, 0) is 47.7 Å². The first kappa shape index (κ1) is 18.6. The van der Waals surface area contributed by atoms with Gasteiger partial charge in [0.15, 0.2) is 11.6 Å². The molecule has 25 heavy (non-hydrogen) atoms. The van der Waals surface area contributed by atoms with E-state index < -0.39 is 64.5 Å². The van der Waals surface area contributed by atoms with E-state index in [9.17, 15) is 28.8 Å². The Labute approximate surface area is 141 Å². The maximum absolute atomic E-state index is 12.4. The molecule has 10 nitrogen and oxygen atoms in total.